The van der Waals surface area contributed by atoms with E-state index in [0.29, 0.717) is 12.8 Å². The van der Waals surface area contributed by atoms with Gasteiger partial charge in [-0.25, -0.2) is 0 Å². The number of carboxylic acids is 1. The third-order valence-electron chi connectivity index (χ3n) is 7.15. The predicted molar refractivity (Wildman–Crippen MR) is 133 cm³/mol. The van der Waals surface area contributed by atoms with E-state index in [2.05, 4.69) is 13.8 Å². The van der Waals surface area contributed by atoms with Crippen LogP contribution >= 0.6 is 0 Å². The Hall–Kier alpha value is -1.06. The second-order valence-electron chi connectivity index (χ2n) is 10.1. The minimum atomic E-state index is -0.764. The number of hydrogen-bond donors (Lipinski definition) is 1. The number of carbonyl (C=O) groups excluding carboxylic acids is 1. The molecule has 0 heterocycles. The van der Waals surface area contributed by atoms with Crippen molar-refractivity contribution in [2.24, 2.45) is 11.8 Å². The molecule has 0 saturated heterocycles. The van der Waals surface area contributed by atoms with Gasteiger partial charge in [-0.15, -0.1) is 0 Å². The highest BCUT2D eigenvalue weighted by molar-refractivity contribution is 5.75. The maximum absolute atomic E-state index is 12.8. The van der Waals surface area contributed by atoms with Gasteiger partial charge in [0.25, 0.3) is 0 Å². The molecule has 32 heavy (non-hydrogen) atoms. The lowest BCUT2D eigenvalue weighted by molar-refractivity contribution is -0.158. The highest BCUT2D eigenvalue weighted by atomic mass is 16.5. The largest absolute Gasteiger partial charge is 0.481 e. The summed E-state index contributed by atoms with van der Waals surface area (Å²) in [4.78, 5) is 24.1. The highest BCUT2D eigenvalue weighted by Crippen LogP contribution is 2.31. The zero-order valence-electron chi connectivity index (χ0n) is 21.3. The van der Waals surface area contributed by atoms with Crippen molar-refractivity contribution in [1.29, 1.82) is 0 Å². The average Bonchev–Trinajstić information content (AvgIpc) is 2.79. The summed E-state index contributed by atoms with van der Waals surface area (Å²) in [7, 11) is 0. The van der Waals surface area contributed by atoms with Crippen molar-refractivity contribution in [3.8, 4) is 0 Å². The fraction of sp³-hybridized carbons (Fsp3) is 0.929. The molecular formula is C28H52O4. The zero-order chi connectivity index (χ0) is 23.4. The quantitative estimate of drug-likeness (QED) is 0.149. The minimum absolute atomic E-state index is 0.0170. The molecule has 1 fully saturated rings. The monoisotopic (exact) mass is 452 g/mol. The first kappa shape index (κ1) is 29.0. The van der Waals surface area contributed by atoms with Crippen molar-refractivity contribution in [2.45, 2.75) is 155 Å². The minimum Gasteiger partial charge on any atom is -0.481 e. The molecule has 1 saturated carbocycles. The van der Waals surface area contributed by atoms with Crippen LogP contribution in [-0.4, -0.2) is 23.1 Å². The van der Waals surface area contributed by atoms with Gasteiger partial charge in [-0.05, 0) is 44.9 Å². The van der Waals surface area contributed by atoms with Gasteiger partial charge >= 0.3 is 11.9 Å². The molecule has 0 bridgehead atoms. The fourth-order valence-corrected chi connectivity index (χ4v) is 4.99. The molecule has 1 rings (SSSR count). The lowest BCUT2D eigenvalue weighted by Gasteiger charge is -2.27. The van der Waals surface area contributed by atoms with Gasteiger partial charge < -0.3 is 9.84 Å². The van der Waals surface area contributed by atoms with Crippen LogP contribution in [0, 0.1) is 11.8 Å². The number of ether oxygens (including phenoxy) is 1. The number of hydrogen-bond acceptors (Lipinski definition) is 3. The van der Waals surface area contributed by atoms with Crippen LogP contribution in [-0.2, 0) is 14.3 Å². The van der Waals surface area contributed by atoms with E-state index in [1.54, 1.807) is 0 Å². The van der Waals surface area contributed by atoms with E-state index < -0.39 is 5.97 Å². The summed E-state index contributed by atoms with van der Waals surface area (Å²) in [6.45, 7) is 4.49. The van der Waals surface area contributed by atoms with Gasteiger partial charge in [-0.1, -0.05) is 104 Å². The summed E-state index contributed by atoms with van der Waals surface area (Å²) in [5.41, 5.74) is 0. The van der Waals surface area contributed by atoms with Crippen molar-refractivity contribution < 1.29 is 19.4 Å². The van der Waals surface area contributed by atoms with Gasteiger partial charge in [0.2, 0.25) is 0 Å². The summed E-state index contributed by atoms with van der Waals surface area (Å²) < 4.78 is 5.98. The Morgan fingerprint density at radius 2 is 1.16 bits per heavy atom. The topological polar surface area (TPSA) is 63.6 Å². The van der Waals surface area contributed by atoms with Crippen LogP contribution in [0.1, 0.15) is 149 Å². The van der Waals surface area contributed by atoms with Crippen molar-refractivity contribution in [3.05, 3.63) is 0 Å². The number of rotatable bonds is 20. The van der Waals surface area contributed by atoms with E-state index in [1.165, 1.54) is 83.5 Å². The summed E-state index contributed by atoms with van der Waals surface area (Å²) in [6.07, 6.45) is 23.9. The third-order valence-corrected chi connectivity index (χ3v) is 7.15. The molecule has 4 heteroatoms. The normalized spacial score (nSPS) is 19.6. The molecular weight excluding hydrogens is 400 g/mol. The van der Waals surface area contributed by atoms with E-state index in [1.807, 2.05) is 0 Å². The predicted octanol–water partition coefficient (Wildman–Crippen LogP) is 8.46. The molecule has 0 amide bonds. The molecule has 3 atom stereocenters. The van der Waals surface area contributed by atoms with E-state index in [0.717, 1.165) is 38.5 Å². The summed E-state index contributed by atoms with van der Waals surface area (Å²) in [5, 5.41) is 9.31. The standard InChI is InChI=1S/C28H52O4/c1-3-5-7-9-10-11-12-13-15-17-22-26(21-16-14-8-6-4-2)32-28(31)25-20-18-19-24(23-25)27(29)30/h24-26H,3-23H2,1-2H3,(H,29,30). The van der Waals surface area contributed by atoms with Crippen LogP contribution in [0.25, 0.3) is 0 Å². The molecule has 1 aliphatic carbocycles. The van der Waals surface area contributed by atoms with Gasteiger partial charge in [0.1, 0.15) is 6.10 Å². The molecule has 3 unspecified atom stereocenters. The Bertz CT molecular complexity index is 476. The lowest BCUT2D eigenvalue weighted by Crippen LogP contribution is -2.31. The van der Waals surface area contributed by atoms with Crippen molar-refractivity contribution >= 4 is 11.9 Å². The summed E-state index contributed by atoms with van der Waals surface area (Å²) in [6, 6.07) is 0. The highest BCUT2D eigenvalue weighted by Gasteiger charge is 2.32. The third kappa shape index (κ3) is 14.2. The molecule has 0 spiro atoms. The van der Waals surface area contributed by atoms with Crippen LogP contribution in [0.2, 0.25) is 0 Å². The number of unbranched alkanes of at least 4 members (excludes halogenated alkanes) is 13. The van der Waals surface area contributed by atoms with Gasteiger partial charge in [0.05, 0.1) is 11.8 Å². The molecule has 0 aromatic heterocycles. The number of aliphatic carboxylic acids is 1. The van der Waals surface area contributed by atoms with Crippen LogP contribution in [0.5, 0.6) is 0 Å². The first-order chi connectivity index (χ1) is 15.6. The van der Waals surface area contributed by atoms with E-state index in [4.69, 9.17) is 4.74 Å². The molecule has 188 valence electrons. The zero-order valence-corrected chi connectivity index (χ0v) is 21.3. The van der Waals surface area contributed by atoms with E-state index in [9.17, 15) is 14.7 Å². The molecule has 0 aliphatic heterocycles. The van der Waals surface area contributed by atoms with Crippen LogP contribution < -0.4 is 0 Å². The smallest absolute Gasteiger partial charge is 0.309 e. The first-order valence-electron chi connectivity index (χ1n) is 14.0. The van der Waals surface area contributed by atoms with Crippen molar-refractivity contribution in [3.63, 3.8) is 0 Å². The van der Waals surface area contributed by atoms with Gasteiger partial charge in [0, 0.05) is 0 Å². The van der Waals surface area contributed by atoms with Crippen LogP contribution in [0.15, 0.2) is 0 Å². The molecule has 0 aromatic rings. The number of carbonyl (C=O) groups is 2. The molecule has 1 aliphatic rings. The van der Waals surface area contributed by atoms with E-state index in [-0.39, 0.29) is 23.9 Å². The Labute approximate surface area is 198 Å². The summed E-state index contributed by atoms with van der Waals surface area (Å²) in [5.74, 6) is -1.50. The van der Waals surface area contributed by atoms with Crippen LogP contribution in [0.3, 0.4) is 0 Å². The maximum Gasteiger partial charge on any atom is 0.309 e. The SMILES string of the molecule is CCCCCCCCCCCCC(CCCCCCC)OC(=O)C1CCCC(C(=O)O)C1. The second-order valence-corrected chi connectivity index (χ2v) is 10.1. The Morgan fingerprint density at radius 1 is 0.719 bits per heavy atom. The van der Waals surface area contributed by atoms with Crippen LogP contribution in [0.4, 0.5) is 0 Å². The molecule has 4 nitrogen and oxygen atoms in total. The molecule has 0 radical (unpaired) electrons. The Morgan fingerprint density at radius 3 is 1.62 bits per heavy atom. The summed E-state index contributed by atoms with van der Waals surface area (Å²) >= 11 is 0. The number of esters is 1. The second kappa shape index (κ2) is 19.4. The van der Waals surface area contributed by atoms with Gasteiger partial charge in [-0.3, -0.25) is 9.59 Å². The van der Waals surface area contributed by atoms with Crippen molar-refractivity contribution in [1.82, 2.24) is 0 Å². The maximum atomic E-state index is 12.8. The lowest BCUT2D eigenvalue weighted by atomic mass is 9.81. The number of carboxylic acid groups (broad SMARTS) is 1. The average molecular weight is 453 g/mol. The Kier molecular flexibility index (Phi) is 17.6. The van der Waals surface area contributed by atoms with Crippen molar-refractivity contribution in [2.75, 3.05) is 0 Å². The molecule has 1 N–H and O–H groups in total. The first-order valence-corrected chi connectivity index (χ1v) is 14.0. The van der Waals surface area contributed by atoms with Gasteiger partial charge in [-0.2, -0.15) is 0 Å². The fourth-order valence-electron chi connectivity index (χ4n) is 4.99. The van der Waals surface area contributed by atoms with E-state index >= 15 is 0 Å². The molecule has 0 aromatic carbocycles. The Balaban J connectivity index is 2.32. The van der Waals surface area contributed by atoms with Gasteiger partial charge in [0.15, 0.2) is 0 Å².